The Morgan fingerprint density at radius 2 is 1.75 bits per heavy atom. The zero-order chi connectivity index (χ0) is 22.8. The molecule has 32 heavy (non-hydrogen) atoms. The number of benzene rings is 1. The van der Waals surface area contributed by atoms with E-state index in [9.17, 15) is 14.4 Å². The Labute approximate surface area is 190 Å². The number of piperazine rings is 1. The highest BCUT2D eigenvalue weighted by molar-refractivity contribution is 6.32. The van der Waals surface area contributed by atoms with Gasteiger partial charge in [-0.25, -0.2) is 0 Å². The van der Waals surface area contributed by atoms with Gasteiger partial charge in [0.05, 0.1) is 37.1 Å². The minimum atomic E-state index is -0.472. The van der Waals surface area contributed by atoms with Crippen LogP contribution in [-0.4, -0.2) is 74.5 Å². The second kappa shape index (κ2) is 9.12. The predicted molar refractivity (Wildman–Crippen MR) is 116 cm³/mol. The Morgan fingerprint density at radius 3 is 2.38 bits per heavy atom. The monoisotopic (exact) mass is 461 g/mol. The lowest BCUT2D eigenvalue weighted by atomic mass is 10.1. The fourth-order valence-corrected chi connectivity index (χ4v) is 4.34. The van der Waals surface area contributed by atoms with Crippen molar-refractivity contribution in [1.82, 2.24) is 9.80 Å². The van der Waals surface area contributed by atoms with Crippen LogP contribution in [0.4, 0.5) is 5.69 Å². The van der Waals surface area contributed by atoms with Gasteiger partial charge in [0.15, 0.2) is 5.76 Å². The summed E-state index contributed by atoms with van der Waals surface area (Å²) >= 11 is 6.25. The maximum absolute atomic E-state index is 13.1. The molecule has 9 nitrogen and oxygen atoms in total. The molecule has 0 radical (unpaired) electrons. The highest BCUT2D eigenvalue weighted by Crippen LogP contribution is 2.40. The highest BCUT2D eigenvalue weighted by atomic mass is 35.5. The van der Waals surface area contributed by atoms with Crippen LogP contribution >= 0.6 is 11.6 Å². The molecule has 0 aliphatic carbocycles. The summed E-state index contributed by atoms with van der Waals surface area (Å²) in [7, 11) is 3.00. The first-order valence-corrected chi connectivity index (χ1v) is 10.6. The van der Waals surface area contributed by atoms with Crippen molar-refractivity contribution in [2.75, 3.05) is 51.8 Å². The third-order valence-corrected chi connectivity index (χ3v) is 6.12. The Morgan fingerprint density at radius 1 is 1.06 bits per heavy atom. The first kappa shape index (κ1) is 22.0. The molecule has 170 valence electrons. The van der Waals surface area contributed by atoms with Gasteiger partial charge >= 0.3 is 0 Å². The number of ether oxygens (including phenoxy) is 2. The van der Waals surface area contributed by atoms with Crippen LogP contribution in [0, 0.1) is 5.92 Å². The zero-order valence-electron chi connectivity index (χ0n) is 17.9. The van der Waals surface area contributed by atoms with Gasteiger partial charge in [-0.1, -0.05) is 11.6 Å². The molecule has 0 saturated carbocycles. The van der Waals surface area contributed by atoms with E-state index in [1.165, 1.54) is 25.4 Å². The number of anilines is 1. The summed E-state index contributed by atoms with van der Waals surface area (Å²) in [6.07, 6.45) is 1.57. The van der Waals surface area contributed by atoms with E-state index in [0.29, 0.717) is 48.4 Å². The molecule has 3 amide bonds. The Balaban J connectivity index is 1.41. The van der Waals surface area contributed by atoms with Gasteiger partial charge in [0.1, 0.15) is 11.5 Å². The van der Waals surface area contributed by atoms with Crippen molar-refractivity contribution < 1.29 is 28.3 Å². The van der Waals surface area contributed by atoms with Gasteiger partial charge < -0.3 is 28.6 Å². The van der Waals surface area contributed by atoms with Gasteiger partial charge in [0, 0.05) is 45.2 Å². The molecule has 1 aromatic carbocycles. The van der Waals surface area contributed by atoms with Crippen LogP contribution in [0.5, 0.6) is 11.5 Å². The van der Waals surface area contributed by atoms with E-state index in [0.717, 1.165) is 0 Å². The number of rotatable bonds is 5. The Hall–Kier alpha value is -3.20. The van der Waals surface area contributed by atoms with E-state index in [1.807, 2.05) is 0 Å². The number of carbonyl (C=O) groups is 3. The Bertz CT molecular complexity index is 1020. The van der Waals surface area contributed by atoms with Crippen LogP contribution < -0.4 is 14.4 Å². The van der Waals surface area contributed by atoms with E-state index < -0.39 is 5.92 Å². The molecule has 2 aliphatic rings. The molecule has 3 heterocycles. The number of furan rings is 1. The van der Waals surface area contributed by atoms with Gasteiger partial charge in [0.2, 0.25) is 11.8 Å². The third-order valence-electron chi connectivity index (χ3n) is 5.83. The molecule has 1 atom stereocenters. The smallest absolute Gasteiger partial charge is 0.289 e. The molecule has 2 saturated heterocycles. The summed E-state index contributed by atoms with van der Waals surface area (Å²) in [6, 6.07) is 6.53. The van der Waals surface area contributed by atoms with Crippen molar-refractivity contribution in [2.24, 2.45) is 5.92 Å². The number of methoxy groups -OCH3 is 2. The second-order valence-electron chi connectivity index (χ2n) is 7.66. The number of nitrogens with zero attached hydrogens (tertiary/aromatic N) is 3. The van der Waals surface area contributed by atoms with E-state index >= 15 is 0 Å². The minimum Gasteiger partial charge on any atom is -0.495 e. The highest BCUT2D eigenvalue weighted by Gasteiger charge is 2.39. The average Bonchev–Trinajstić information content (AvgIpc) is 3.48. The number of amides is 3. The molecular formula is C22H24ClN3O6. The maximum atomic E-state index is 13.1. The zero-order valence-corrected chi connectivity index (χ0v) is 18.6. The van der Waals surface area contributed by atoms with Gasteiger partial charge in [-0.15, -0.1) is 0 Å². The van der Waals surface area contributed by atoms with Crippen molar-refractivity contribution in [3.05, 3.63) is 41.3 Å². The molecule has 2 aliphatic heterocycles. The summed E-state index contributed by atoms with van der Waals surface area (Å²) in [6.45, 7) is 1.89. The molecule has 0 N–H and O–H groups in total. The van der Waals surface area contributed by atoms with Crippen molar-refractivity contribution in [3.63, 3.8) is 0 Å². The Kier molecular flexibility index (Phi) is 6.27. The lowest BCUT2D eigenvalue weighted by Gasteiger charge is -2.35. The van der Waals surface area contributed by atoms with Crippen LogP contribution in [0.1, 0.15) is 17.0 Å². The molecule has 2 aromatic rings. The molecule has 4 rings (SSSR count). The molecule has 1 aromatic heterocycles. The van der Waals surface area contributed by atoms with Gasteiger partial charge in [-0.2, -0.15) is 0 Å². The third kappa shape index (κ3) is 4.12. The van der Waals surface area contributed by atoms with Gasteiger partial charge in [-0.05, 0) is 18.2 Å². The normalized spacial score (nSPS) is 18.8. The average molecular weight is 462 g/mol. The summed E-state index contributed by atoms with van der Waals surface area (Å²) < 4.78 is 15.8. The molecular weight excluding hydrogens is 438 g/mol. The van der Waals surface area contributed by atoms with Crippen LogP contribution in [-0.2, 0) is 9.59 Å². The lowest BCUT2D eigenvalue weighted by Crippen LogP contribution is -2.52. The molecule has 2 fully saturated rings. The van der Waals surface area contributed by atoms with Crippen LogP contribution in [0.2, 0.25) is 5.02 Å². The van der Waals surface area contributed by atoms with Crippen molar-refractivity contribution in [1.29, 1.82) is 0 Å². The fraction of sp³-hybridized carbons (Fsp3) is 0.409. The maximum Gasteiger partial charge on any atom is 0.289 e. The first-order chi connectivity index (χ1) is 15.4. The van der Waals surface area contributed by atoms with Crippen molar-refractivity contribution in [3.8, 4) is 11.5 Å². The predicted octanol–water partition coefficient (Wildman–Crippen LogP) is 2.29. The summed E-state index contributed by atoms with van der Waals surface area (Å²) in [5.41, 5.74) is 0.507. The summed E-state index contributed by atoms with van der Waals surface area (Å²) in [4.78, 5) is 43.2. The van der Waals surface area contributed by atoms with Crippen molar-refractivity contribution in [2.45, 2.75) is 6.42 Å². The molecule has 0 spiro atoms. The minimum absolute atomic E-state index is 0.0930. The first-order valence-electron chi connectivity index (χ1n) is 10.3. The quantitative estimate of drug-likeness (QED) is 0.678. The summed E-state index contributed by atoms with van der Waals surface area (Å²) in [5.74, 6) is 0.243. The van der Waals surface area contributed by atoms with E-state index in [4.69, 9.17) is 25.5 Å². The van der Waals surface area contributed by atoms with Crippen LogP contribution in [0.25, 0.3) is 0 Å². The number of hydrogen-bond donors (Lipinski definition) is 0. The number of carbonyl (C=O) groups excluding carboxylic acids is 3. The number of halogens is 1. The standard InChI is InChI=1S/C22H24ClN3O6/c1-30-18-12-19(31-2)16(11-15(18)23)26-13-14(10-20(26)27)21(28)24-5-7-25(8-6-24)22(29)17-4-3-9-32-17/h3-4,9,11-12,14H,5-8,10,13H2,1-2H3/t14-/m0/s1. The van der Waals surface area contributed by atoms with Crippen LogP contribution in [0.3, 0.4) is 0 Å². The van der Waals surface area contributed by atoms with Gasteiger partial charge in [-0.3, -0.25) is 14.4 Å². The van der Waals surface area contributed by atoms with Crippen molar-refractivity contribution >= 4 is 35.0 Å². The molecule has 10 heteroatoms. The fourth-order valence-electron chi connectivity index (χ4n) is 4.11. The SMILES string of the molecule is COc1cc(OC)c(N2C[C@@H](C(=O)N3CCN(C(=O)c4ccco4)CC3)CC2=O)cc1Cl. The van der Waals surface area contributed by atoms with E-state index in [2.05, 4.69) is 0 Å². The van der Waals surface area contributed by atoms with E-state index in [1.54, 1.807) is 34.1 Å². The molecule has 0 unspecified atom stereocenters. The lowest BCUT2D eigenvalue weighted by molar-refractivity contribution is -0.137. The summed E-state index contributed by atoms with van der Waals surface area (Å²) in [5, 5.41) is 0.350. The second-order valence-corrected chi connectivity index (χ2v) is 8.07. The largest absolute Gasteiger partial charge is 0.495 e. The molecule has 0 bridgehead atoms. The van der Waals surface area contributed by atoms with Gasteiger partial charge in [0.25, 0.3) is 5.91 Å². The topological polar surface area (TPSA) is 92.5 Å². The number of hydrogen-bond acceptors (Lipinski definition) is 6. The van der Waals surface area contributed by atoms with Crippen LogP contribution in [0.15, 0.2) is 34.9 Å². The van der Waals surface area contributed by atoms with E-state index in [-0.39, 0.29) is 36.4 Å².